The van der Waals surface area contributed by atoms with Crippen LogP contribution in [0.4, 0.5) is 5.69 Å². The summed E-state index contributed by atoms with van der Waals surface area (Å²) in [6.45, 7) is 1.05. The van der Waals surface area contributed by atoms with E-state index < -0.39 is 0 Å². The third-order valence-corrected chi connectivity index (χ3v) is 2.64. The van der Waals surface area contributed by atoms with Crippen LogP contribution < -0.4 is 14.8 Å². The van der Waals surface area contributed by atoms with Crippen molar-refractivity contribution in [3.05, 3.63) is 18.2 Å². The maximum Gasteiger partial charge on any atom is 0.124 e. The van der Waals surface area contributed by atoms with Gasteiger partial charge in [-0.3, -0.25) is 0 Å². The second-order valence-corrected chi connectivity index (χ2v) is 3.93. The molecule has 0 saturated heterocycles. The second-order valence-electron chi connectivity index (χ2n) is 3.93. The molecule has 82 valence electrons. The number of hydrogen-bond donors (Lipinski definition) is 1. The van der Waals surface area contributed by atoms with Crippen LogP contribution >= 0.6 is 0 Å². The van der Waals surface area contributed by atoms with Crippen molar-refractivity contribution in [3.8, 4) is 11.5 Å². The standard InChI is InChI=1S/C12H17NO2/c1-14-11-5-10(6-12(7-11)15-2)13-8-9-3-4-9/h5-7,9,13H,3-4,8H2,1-2H3. The minimum atomic E-state index is 0.827. The van der Waals surface area contributed by atoms with Gasteiger partial charge in [0.2, 0.25) is 0 Å². The van der Waals surface area contributed by atoms with Gasteiger partial charge < -0.3 is 14.8 Å². The second kappa shape index (κ2) is 4.43. The summed E-state index contributed by atoms with van der Waals surface area (Å²) in [5, 5.41) is 3.40. The van der Waals surface area contributed by atoms with E-state index in [-0.39, 0.29) is 0 Å². The maximum atomic E-state index is 5.20. The Hall–Kier alpha value is -1.38. The monoisotopic (exact) mass is 207 g/mol. The summed E-state index contributed by atoms with van der Waals surface area (Å²) in [5.74, 6) is 2.52. The van der Waals surface area contributed by atoms with E-state index in [1.54, 1.807) is 14.2 Å². The molecule has 2 rings (SSSR count). The maximum absolute atomic E-state index is 5.20. The summed E-state index contributed by atoms with van der Waals surface area (Å²) in [6, 6.07) is 5.86. The number of rotatable bonds is 5. The molecule has 0 atom stereocenters. The largest absolute Gasteiger partial charge is 0.497 e. The average molecular weight is 207 g/mol. The summed E-state index contributed by atoms with van der Waals surface area (Å²) >= 11 is 0. The number of hydrogen-bond acceptors (Lipinski definition) is 3. The Morgan fingerprint density at radius 1 is 1.13 bits per heavy atom. The summed E-state index contributed by atoms with van der Waals surface area (Å²) in [5.41, 5.74) is 1.07. The molecule has 0 aliphatic heterocycles. The Morgan fingerprint density at radius 3 is 2.20 bits per heavy atom. The van der Waals surface area contributed by atoms with Gasteiger partial charge in [0.25, 0.3) is 0 Å². The first kappa shape index (κ1) is 10.1. The highest BCUT2D eigenvalue weighted by Gasteiger charge is 2.20. The molecule has 3 heteroatoms. The molecule has 15 heavy (non-hydrogen) atoms. The first-order valence-corrected chi connectivity index (χ1v) is 5.29. The predicted molar refractivity (Wildman–Crippen MR) is 60.8 cm³/mol. The molecule has 0 unspecified atom stereocenters. The third-order valence-electron chi connectivity index (χ3n) is 2.64. The number of benzene rings is 1. The van der Waals surface area contributed by atoms with Crippen molar-refractivity contribution in [1.29, 1.82) is 0 Å². The highest BCUT2D eigenvalue weighted by molar-refractivity contribution is 5.53. The lowest BCUT2D eigenvalue weighted by molar-refractivity contribution is 0.394. The molecule has 1 aromatic carbocycles. The smallest absolute Gasteiger partial charge is 0.124 e. The van der Waals surface area contributed by atoms with Crippen molar-refractivity contribution >= 4 is 5.69 Å². The van der Waals surface area contributed by atoms with Gasteiger partial charge in [0, 0.05) is 30.4 Å². The number of nitrogens with one attached hydrogen (secondary N) is 1. The predicted octanol–water partition coefficient (Wildman–Crippen LogP) is 2.53. The number of ether oxygens (including phenoxy) is 2. The van der Waals surface area contributed by atoms with E-state index in [1.165, 1.54) is 12.8 Å². The fourth-order valence-electron chi connectivity index (χ4n) is 1.49. The lowest BCUT2D eigenvalue weighted by Crippen LogP contribution is -2.03. The van der Waals surface area contributed by atoms with Crippen LogP contribution in [0.3, 0.4) is 0 Å². The lowest BCUT2D eigenvalue weighted by atomic mass is 10.2. The zero-order valence-corrected chi connectivity index (χ0v) is 9.25. The first-order chi connectivity index (χ1) is 7.31. The molecule has 3 nitrogen and oxygen atoms in total. The molecule has 0 heterocycles. The molecular weight excluding hydrogens is 190 g/mol. The molecule has 1 aliphatic carbocycles. The van der Waals surface area contributed by atoms with Crippen molar-refractivity contribution in [1.82, 2.24) is 0 Å². The van der Waals surface area contributed by atoms with Crippen LogP contribution in [-0.4, -0.2) is 20.8 Å². The van der Waals surface area contributed by atoms with Crippen LogP contribution in [0.25, 0.3) is 0 Å². The van der Waals surface area contributed by atoms with Crippen LogP contribution in [0.2, 0.25) is 0 Å². The van der Waals surface area contributed by atoms with Crippen molar-refractivity contribution in [3.63, 3.8) is 0 Å². The lowest BCUT2D eigenvalue weighted by Gasteiger charge is -2.10. The van der Waals surface area contributed by atoms with Gasteiger partial charge >= 0.3 is 0 Å². The van der Waals surface area contributed by atoms with Crippen molar-refractivity contribution in [2.24, 2.45) is 5.92 Å². The molecule has 0 aromatic heterocycles. The van der Waals surface area contributed by atoms with E-state index in [9.17, 15) is 0 Å². The minimum absolute atomic E-state index is 0.827. The molecule has 1 N–H and O–H groups in total. The van der Waals surface area contributed by atoms with E-state index in [2.05, 4.69) is 5.32 Å². The van der Waals surface area contributed by atoms with Gasteiger partial charge in [0.15, 0.2) is 0 Å². The molecule has 0 spiro atoms. The van der Waals surface area contributed by atoms with Gasteiger partial charge in [-0.05, 0) is 18.8 Å². The van der Waals surface area contributed by atoms with Gasteiger partial charge in [-0.25, -0.2) is 0 Å². The van der Waals surface area contributed by atoms with Crippen LogP contribution in [0.5, 0.6) is 11.5 Å². The molecule has 0 radical (unpaired) electrons. The zero-order valence-electron chi connectivity index (χ0n) is 9.25. The Bertz CT molecular complexity index is 312. The van der Waals surface area contributed by atoms with E-state index >= 15 is 0 Å². The van der Waals surface area contributed by atoms with Gasteiger partial charge in [0.05, 0.1) is 14.2 Å². The average Bonchev–Trinajstić information content (AvgIpc) is 3.09. The fraction of sp³-hybridized carbons (Fsp3) is 0.500. The molecule has 1 aromatic rings. The summed E-state index contributed by atoms with van der Waals surface area (Å²) < 4.78 is 10.4. The van der Waals surface area contributed by atoms with E-state index in [1.807, 2.05) is 18.2 Å². The summed E-state index contributed by atoms with van der Waals surface area (Å²) in [7, 11) is 3.33. The van der Waals surface area contributed by atoms with E-state index in [0.29, 0.717) is 0 Å². The summed E-state index contributed by atoms with van der Waals surface area (Å²) in [6.07, 6.45) is 2.71. The minimum Gasteiger partial charge on any atom is -0.497 e. The Kier molecular flexibility index (Phi) is 2.99. The molecular formula is C12H17NO2. The first-order valence-electron chi connectivity index (χ1n) is 5.29. The van der Waals surface area contributed by atoms with Crippen LogP contribution in [0, 0.1) is 5.92 Å². The Balaban J connectivity index is 2.06. The van der Waals surface area contributed by atoms with Gasteiger partial charge in [-0.1, -0.05) is 0 Å². The molecule has 0 amide bonds. The van der Waals surface area contributed by atoms with Crippen LogP contribution in [0.1, 0.15) is 12.8 Å². The van der Waals surface area contributed by atoms with E-state index in [0.717, 1.165) is 29.6 Å². The highest BCUT2D eigenvalue weighted by Crippen LogP contribution is 2.30. The SMILES string of the molecule is COc1cc(NCC2CC2)cc(OC)c1. The molecule has 1 fully saturated rings. The van der Waals surface area contributed by atoms with Crippen molar-refractivity contribution in [2.75, 3.05) is 26.1 Å². The van der Waals surface area contributed by atoms with Crippen LogP contribution in [-0.2, 0) is 0 Å². The topological polar surface area (TPSA) is 30.5 Å². The Labute approximate surface area is 90.4 Å². The molecule has 1 saturated carbocycles. The highest BCUT2D eigenvalue weighted by atomic mass is 16.5. The quantitative estimate of drug-likeness (QED) is 0.804. The van der Waals surface area contributed by atoms with Crippen molar-refractivity contribution < 1.29 is 9.47 Å². The van der Waals surface area contributed by atoms with Crippen molar-refractivity contribution in [2.45, 2.75) is 12.8 Å². The molecule has 0 bridgehead atoms. The fourth-order valence-corrected chi connectivity index (χ4v) is 1.49. The van der Waals surface area contributed by atoms with Crippen LogP contribution in [0.15, 0.2) is 18.2 Å². The van der Waals surface area contributed by atoms with E-state index in [4.69, 9.17) is 9.47 Å². The van der Waals surface area contributed by atoms with Gasteiger partial charge in [-0.2, -0.15) is 0 Å². The third kappa shape index (κ3) is 2.78. The Morgan fingerprint density at radius 2 is 1.73 bits per heavy atom. The summed E-state index contributed by atoms with van der Waals surface area (Å²) in [4.78, 5) is 0. The zero-order chi connectivity index (χ0) is 10.7. The molecule has 1 aliphatic rings. The number of methoxy groups -OCH3 is 2. The normalized spacial score (nSPS) is 14.8. The van der Waals surface area contributed by atoms with Gasteiger partial charge in [-0.15, -0.1) is 0 Å². The number of anilines is 1. The van der Waals surface area contributed by atoms with Gasteiger partial charge in [0.1, 0.15) is 11.5 Å².